The van der Waals surface area contributed by atoms with E-state index in [1.54, 1.807) is 10.4 Å². The fourth-order valence-electron chi connectivity index (χ4n) is 3.30. The first-order valence-corrected chi connectivity index (χ1v) is 8.04. The van der Waals surface area contributed by atoms with Gasteiger partial charge in [0.15, 0.2) is 0 Å². The van der Waals surface area contributed by atoms with Crippen LogP contribution in [0.25, 0.3) is 0 Å². The zero-order chi connectivity index (χ0) is 12.6. The molecule has 0 bridgehead atoms. The zero-order valence-electron chi connectivity index (χ0n) is 11.5. The molecule has 18 heavy (non-hydrogen) atoms. The molecule has 1 N–H and O–H groups in total. The third-order valence-corrected chi connectivity index (χ3v) is 5.68. The second-order valence-corrected chi connectivity index (χ2v) is 7.45. The highest BCUT2D eigenvalue weighted by Crippen LogP contribution is 2.32. The van der Waals surface area contributed by atoms with Crippen molar-refractivity contribution in [3.05, 3.63) is 21.9 Å². The molecule has 2 aliphatic heterocycles. The van der Waals surface area contributed by atoms with Crippen molar-refractivity contribution in [1.29, 1.82) is 0 Å². The van der Waals surface area contributed by atoms with Crippen LogP contribution in [0.15, 0.2) is 11.4 Å². The van der Waals surface area contributed by atoms with Gasteiger partial charge in [-0.25, -0.2) is 0 Å². The molecule has 1 saturated heterocycles. The Balaban J connectivity index is 1.64. The first kappa shape index (κ1) is 12.6. The number of hydrogen-bond acceptors (Lipinski definition) is 3. The van der Waals surface area contributed by atoms with Gasteiger partial charge in [-0.2, -0.15) is 0 Å². The Kier molecular flexibility index (Phi) is 3.48. The normalized spacial score (nSPS) is 28.0. The third kappa shape index (κ3) is 2.49. The van der Waals surface area contributed by atoms with Gasteiger partial charge in [0.05, 0.1) is 0 Å². The molecule has 0 radical (unpaired) electrons. The van der Waals surface area contributed by atoms with Crippen molar-refractivity contribution in [2.24, 2.45) is 5.41 Å². The Labute approximate surface area is 114 Å². The monoisotopic (exact) mass is 264 g/mol. The van der Waals surface area contributed by atoms with Crippen molar-refractivity contribution in [2.75, 3.05) is 19.6 Å². The number of fused-ring (bicyclic) bond motifs is 1. The molecule has 1 atom stereocenters. The molecule has 1 fully saturated rings. The van der Waals surface area contributed by atoms with E-state index in [0.717, 1.165) is 6.54 Å². The number of hydrogen-bond donors (Lipinski definition) is 1. The van der Waals surface area contributed by atoms with Crippen LogP contribution < -0.4 is 5.32 Å². The Morgan fingerprint density at radius 1 is 1.50 bits per heavy atom. The van der Waals surface area contributed by atoms with Crippen LogP contribution >= 0.6 is 11.3 Å². The summed E-state index contributed by atoms with van der Waals surface area (Å²) in [4.78, 5) is 4.25. The van der Waals surface area contributed by atoms with Gasteiger partial charge < -0.3 is 5.32 Å². The van der Waals surface area contributed by atoms with E-state index in [1.807, 2.05) is 11.3 Å². The molecule has 3 heterocycles. The minimum absolute atomic E-state index is 0.452. The van der Waals surface area contributed by atoms with E-state index in [0.29, 0.717) is 11.5 Å². The van der Waals surface area contributed by atoms with Crippen LogP contribution in [0.3, 0.4) is 0 Å². The molecule has 2 nitrogen and oxygen atoms in total. The fraction of sp³-hybridized carbons (Fsp3) is 0.733. The lowest BCUT2D eigenvalue weighted by Gasteiger charge is -2.42. The Hall–Kier alpha value is -0.380. The van der Waals surface area contributed by atoms with Gasteiger partial charge in [0.25, 0.3) is 0 Å². The Bertz CT molecular complexity index is 410. The maximum atomic E-state index is 3.74. The molecule has 100 valence electrons. The van der Waals surface area contributed by atoms with E-state index >= 15 is 0 Å². The molecular weight excluding hydrogens is 240 g/mol. The van der Waals surface area contributed by atoms with Crippen molar-refractivity contribution in [1.82, 2.24) is 10.2 Å². The van der Waals surface area contributed by atoms with Crippen LogP contribution in [0, 0.1) is 5.41 Å². The number of thiophene rings is 1. The minimum atomic E-state index is 0.452. The first-order chi connectivity index (χ1) is 8.65. The maximum Gasteiger partial charge on any atom is 0.0246 e. The van der Waals surface area contributed by atoms with Crippen molar-refractivity contribution >= 4 is 11.3 Å². The molecule has 3 heteroatoms. The van der Waals surface area contributed by atoms with E-state index in [-0.39, 0.29) is 0 Å². The van der Waals surface area contributed by atoms with E-state index in [4.69, 9.17) is 0 Å². The minimum Gasteiger partial charge on any atom is -0.312 e. The van der Waals surface area contributed by atoms with Crippen molar-refractivity contribution < 1.29 is 0 Å². The zero-order valence-corrected chi connectivity index (χ0v) is 12.4. The predicted octanol–water partition coefficient (Wildman–Crippen LogP) is 2.88. The van der Waals surface area contributed by atoms with Gasteiger partial charge in [-0.15, -0.1) is 11.3 Å². The lowest BCUT2D eigenvalue weighted by atomic mass is 9.77. The second kappa shape index (κ2) is 4.95. The lowest BCUT2D eigenvalue weighted by Crippen LogP contribution is -2.53. The molecule has 0 amide bonds. The van der Waals surface area contributed by atoms with E-state index in [9.17, 15) is 0 Å². The highest BCUT2D eigenvalue weighted by molar-refractivity contribution is 7.10. The summed E-state index contributed by atoms with van der Waals surface area (Å²) in [5.74, 6) is 0. The summed E-state index contributed by atoms with van der Waals surface area (Å²) in [5, 5.41) is 5.98. The Morgan fingerprint density at radius 2 is 2.39 bits per heavy atom. The van der Waals surface area contributed by atoms with Gasteiger partial charge in [0.2, 0.25) is 0 Å². The van der Waals surface area contributed by atoms with Gasteiger partial charge in [-0.1, -0.05) is 13.8 Å². The average molecular weight is 264 g/mol. The summed E-state index contributed by atoms with van der Waals surface area (Å²) < 4.78 is 0. The SMILES string of the molecule is CC1(C)CCCNC1CN1CCc2sccc2C1. The van der Waals surface area contributed by atoms with Crippen LogP contribution in [-0.4, -0.2) is 30.6 Å². The molecule has 0 spiro atoms. The highest BCUT2D eigenvalue weighted by Gasteiger charge is 2.33. The number of rotatable bonds is 2. The molecule has 0 aromatic carbocycles. The molecule has 1 aromatic heterocycles. The number of nitrogens with one attached hydrogen (secondary N) is 1. The summed E-state index contributed by atoms with van der Waals surface area (Å²) in [6.07, 6.45) is 3.94. The fourth-order valence-corrected chi connectivity index (χ4v) is 4.19. The number of piperidine rings is 1. The summed E-state index contributed by atoms with van der Waals surface area (Å²) in [6.45, 7) is 9.65. The largest absolute Gasteiger partial charge is 0.312 e. The molecular formula is C15H24N2S. The van der Waals surface area contributed by atoms with Crippen LogP contribution in [0.5, 0.6) is 0 Å². The standard InChI is InChI=1S/C15H24N2S/c1-15(2)6-3-7-16-14(15)11-17-8-4-13-12(10-17)5-9-18-13/h5,9,14,16H,3-4,6-8,10-11H2,1-2H3. The second-order valence-electron chi connectivity index (χ2n) is 6.45. The molecule has 3 rings (SSSR count). The summed E-state index contributed by atoms with van der Waals surface area (Å²) >= 11 is 1.93. The molecule has 2 aliphatic rings. The quantitative estimate of drug-likeness (QED) is 0.883. The van der Waals surface area contributed by atoms with Crippen molar-refractivity contribution in [3.8, 4) is 0 Å². The van der Waals surface area contributed by atoms with Gasteiger partial charge in [0, 0.05) is 30.6 Å². The van der Waals surface area contributed by atoms with E-state index in [2.05, 4.69) is 35.5 Å². The Morgan fingerprint density at radius 3 is 3.22 bits per heavy atom. The van der Waals surface area contributed by atoms with Crippen LogP contribution in [0.4, 0.5) is 0 Å². The van der Waals surface area contributed by atoms with E-state index < -0.39 is 0 Å². The summed E-state index contributed by atoms with van der Waals surface area (Å²) in [5.41, 5.74) is 2.02. The molecule has 0 saturated carbocycles. The van der Waals surface area contributed by atoms with Gasteiger partial charge in [0.1, 0.15) is 0 Å². The number of nitrogens with zero attached hydrogens (tertiary/aromatic N) is 1. The predicted molar refractivity (Wildman–Crippen MR) is 78.1 cm³/mol. The summed E-state index contributed by atoms with van der Waals surface area (Å²) in [7, 11) is 0. The summed E-state index contributed by atoms with van der Waals surface area (Å²) in [6, 6.07) is 2.97. The smallest absolute Gasteiger partial charge is 0.0246 e. The van der Waals surface area contributed by atoms with Crippen LogP contribution in [-0.2, 0) is 13.0 Å². The van der Waals surface area contributed by atoms with Crippen molar-refractivity contribution in [2.45, 2.75) is 45.7 Å². The highest BCUT2D eigenvalue weighted by atomic mass is 32.1. The topological polar surface area (TPSA) is 15.3 Å². The lowest BCUT2D eigenvalue weighted by molar-refractivity contribution is 0.120. The van der Waals surface area contributed by atoms with Gasteiger partial charge >= 0.3 is 0 Å². The van der Waals surface area contributed by atoms with Crippen LogP contribution in [0.1, 0.15) is 37.1 Å². The third-order valence-electron chi connectivity index (χ3n) is 4.66. The van der Waals surface area contributed by atoms with Gasteiger partial charge in [-0.3, -0.25) is 4.90 Å². The van der Waals surface area contributed by atoms with Gasteiger partial charge in [-0.05, 0) is 48.2 Å². The molecule has 0 aliphatic carbocycles. The molecule has 1 aromatic rings. The average Bonchev–Trinajstić information content (AvgIpc) is 2.79. The van der Waals surface area contributed by atoms with Crippen molar-refractivity contribution in [3.63, 3.8) is 0 Å². The maximum absolute atomic E-state index is 3.74. The first-order valence-electron chi connectivity index (χ1n) is 7.16. The molecule has 1 unspecified atom stereocenters. The van der Waals surface area contributed by atoms with Crippen LogP contribution in [0.2, 0.25) is 0 Å². The van der Waals surface area contributed by atoms with E-state index in [1.165, 1.54) is 38.9 Å².